The maximum Gasteiger partial charge on any atom is 0.254 e. The van der Waals surface area contributed by atoms with Crippen LogP contribution in [0.25, 0.3) is 21.5 Å². The molecule has 1 aromatic heterocycles. The molecule has 4 nitrogen and oxygen atoms in total. The lowest BCUT2D eigenvalue weighted by atomic mass is 9.98. The zero-order valence-electron chi connectivity index (χ0n) is 16.9. The van der Waals surface area contributed by atoms with Gasteiger partial charge < -0.3 is 10.2 Å². The first-order valence-electron chi connectivity index (χ1n) is 10.7. The predicted octanol–water partition coefficient (Wildman–Crippen LogP) is 5.49. The molecule has 0 aliphatic carbocycles. The summed E-state index contributed by atoms with van der Waals surface area (Å²) in [6, 6.07) is 24.6. The van der Waals surface area contributed by atoms with Gasteiger partial charge in [-0.2, -0.15) is 0 Å². The summed E-state index contributed by atoms with van der Waals surface area (Å²) in [5, 5.41) is 7.94. The summed E-state index contributed by atoms with van der Waals surface area (Å²) in [7, 11) is 0. The molecule has 2 heterocycles. The van der Waals surface area contributed by atoms with E-state index in [1.807, 2.05) is 54.7 Å². The number of carbonyl (C=O) groups is 1. The van der Waals surface area contributed by atoms with Gasteiger partial charge in [0.05, 0.1) is 0 Å². The highest BCUT2D eigenvalue weighted by molar-refractivity contribution is 6.07. The first kappa shape index (κ1) is 18.6. The van der Waals surface area contributed by atoms with Gasteiger partial charge in [-0.25, -0.2) is 4.98 Å². The topological polar surface area (TPSA) is 45.2 Å². The van der Waals surface area contributed by atoms with Gasteiger partial charge in [0.1, 0.15) is 5.82 Å². The number of amides is 1. The Morgan fingerprint density at radius 2 is 1.63 bits per heavy atom. The molecule has 0 radical (unpaired) electrons. The third-order valence-corrected chi connectivity index (χ3v) is 6.09. The Hall–Kier alpha value is -3.40. The highest BCUT2D eigenvalue weighted by Gasteiger charge is 2.28. The first-order chi connectivity index (χ1) is 14.8. The maximum atomic E-state index is 13.5. The van der Waals surface area contributed by atoms with E-state index in [1.165, 1.54) is 5.39 Å². The van der Waals surface area contributed by atoms with Gasteiger partial charge in [0.2, 0.25) is 0 Å². The minimum Gasteiger partial charge on any atom is -0.367 e. The number of pyridine rings is 1. The molecule has 4 heteroatoms. The van der Waals surface area contributed by atoms with E-state index >= 15 is 0 Å². The number of benzene rings is 3. The number of rotatable bonds is 4. The fourth-order valence-corrected chi connectivity index (χ4v) is 4.52. The fraction of sp³-hybridized carbons (Fsp3) is 0.231. The monoisotopic (exact) mass is 395 g/mol. The summed E-state index contributed by atoms with van der Waals surface area (Å²) < 4.78 is 0. The summed E-state index contributed by atoms with van der Waals surface area (Å²) in [5.74, 6) is 1.01. The third-order valence-electron chi connectivity index (χ3n) is 6.09. The molecule has 1 aliphatic heterocycles. The van der Waals surface area contributed by atoms with Crippen LogP contribution in [0.5, 0.6) is 0 Å². The van der Waals surface area contributed by atoms with Crippen molar-refractivity contribution in [3.63, 3.8) is 0 Å². The van der Waals surface area contributed by atoms with Crippen molar-refractivity contribution in [1.82, 2.24) is 9.88 Å². The molecule has 3 aromatic carbocycles. The quantitative estimate of drug-likeness (QED) is 0.497. The molecule has 0 bridgehead atoms. The number of nitrogens with zero attached hydrogens (tertiary/aromatic N) is 2. The molecule has 1 atom stereocenters. The van der Waals surface area contributed by atoms with Crippen molar-refractivity contribution in [2.45, 2.75) is 25.3 Å². The Kier molecular flexibility index (Phi) is 5.06. The van der Waals surface area contributed by atoms with Crippen molar-refractivity contribution in [3.05, 3.63) is 84.6 Å². The summed E-state index contributed by atoms with van der Waals surface area (Å²) in [6.45, 7) is 1.51. The second kappa shape index (κ2) is 8.15. The molecule has 1 fully saturated rings. The standard InChI is InChI=1S/C26H25N3O/c30-26(24-14-7-10-19-8-1-3-12-22(19)24)29-17-6-5-11-21(29)18-28-25-23-13-4-2-9-20(23)15-16-27-25/h1-4,7-10,12-16,21H,5-6,11,17-18H2,(H,27,28). The molecule has 1 amide bonds. The molecule has 1 saturated heterocycles. The Bertz CT molecular complexity index is 1190. The Balaban J connectivity index is 1.40. The molecular formula is C26H25N3O. The number of piperidine rings is 1. The van der Waals surface area contributed by atoms with E-state index in [1.54, 1.807) is 0 Å². The van der Waals surface area contributed by atoms with Crippen LogP contribution in [-0.2, 0) is 0 Å². The average molecular weight is 396 g/mol. The Morgan fingerprint density at radius 3 is 2.50 bits per heavy atom. The van der Waals surface area contributed by atoms with E-state index < -0.39 is 0 Å². The van der Waals surface area contributed by atoms with Crippen LogP contribution >= 0.6 is 0 Å². The van der Waals surface area contributed by atoms with Gasteiger partial charge in [0.15, 0.2) is 0 Å². The number of fused-ring (bicyclic) bond motifs is 2. The molecule has 0 saturated carbocycles. The van der Waals surface area contributed by atoms with Crippen LogP contribution in [0.4, 0.5) is 5.82 Å². The van der Waals surface area contributed by atoms with Gasteiger partial charge in [-0.1, -0.05) is 60.7 Å². The molecule has 5 rings (SSSR count). The van der Waals surface area contributed by atoms with E-state index in [0.29, 0.717) is 6.54 Å². The van der Waals surface area contributed by atoms with E-state index in [4.69, 9.17) is 0 Å². The number of nitrogens with one attached hydrogen (secondary N) is 1. The molecule has 1 N–H and O–H groups in total. The number of aromatic nitrogens is 1. The van der Waals surface area contributed by atoms with Crippen LogP contribution in [0.3, 0.4) is 0 Å². The average Bonchev–Trinajstić information content (AvgIpc) is 2.82. The SMILES string of the molecule is O=C(c1cccc2ccccc12)N1CCCCC1CNc1nccc2ccccc12. The minimum atomic E-state index is 0.129. The highest BCUT2D eigenvalue weighted by Crippen LogP contribution is 2.26. The van der Waals surface area contributed by atoms with E-state index in [-0.39, 0.29) is 11.9 Å². The first-order valence-corrected chi connectivity index (χ1v) is 10.7. The molecule has 30 heavy (non-hydrogen) atoms. The molecule has 4 aromatic rings. The zero-order valence-corrected chi connectivity index (χ0v) is 16.9. The van der Waals surface area contributed by atoms with Crippen LogP contribution in [0.2, 0.25) is 0 Å². The summed E-state index contributed by atoms with van der Waals surface area (Å²) in [5.41, 5.74) is 0.795. The van der Waals surface area contributed by atoms with E-state index in [9.17, 15) is 4.79 Å². The molecule has 1 unspecified atom stereocenters. The van der Waals surface area contributed by atoms with Crippen molar-refractivity contribution in [2.24, 2.45) is 0 Å². The minimum absolute atomic E-state index is 0.129. The number of likely N-dealkylation sites (tertiary alicyclic amines) is 1. The number of hydrogen-bond acceptors (Lipinski definition) is 3. The summed E-state index contributed by atoms with van der Waals surface area (Å²) >= 11 is 0. The number of carbonyl (C=O) groups excluding carboxylic acids is 1. The van der Waals surface area contributed by atoms with Crippen molar-refractivity contribution in [2.75, 3.05) is 18.4 Å². The van der Waals surface area contributed by atoms with Crippen LogP contribution in [-0.4, -0.2) is 34.9 Å². The van der Waals surface area contributed by atoms with Crippen LogP contribution in [0.1, 0.15) is 29.6 Å². The smallest absolute Gasteiger partial charge is 0.254 e. The largest absolute Gasteiger partial charge is 0.367 e. The van der Waals surface area contributed by atoms with Gasteiger partial charge in [0.25, 0.3) is 5.91 Å². The normalized spacial score (nSPS) is 16.7. The van der Waals surface area contributed by atoms with Gasteiger partial charge in [-0.3, -0.25) is 4.79 Å². The number of hydrogen-bond donors (Lipinski definition) is 1. The molecule has 0 spiro atoms. The van der Waals surface area contributed by atoms with Crippen LogP contribution in [0.15, 0.2) is 79.0 Å². The van der Waals surface area contributed by atoms with E-state index in [0.717, 1.165) is 53.3 Å². The van der Waals surface area contributed by atoms with Crippen molar-refractivity contribution >= 4 is 33.3 Å². The van der Waals surface area contributed by atoms with Crippen LogP contribution in [0, 0.1) is 0 Å². The summed E-state index contributed by atoms with van der Waals surface area (Å²) in [6.07, 6.45) is 5.05. The Labute approximate surface area is 176 Å². The lowest BCUT2D eigenvalue weighted by Gasteiger charge is -2.36. The second-order valence-corrected chi connectivity index (χ2v) is 7.94. The summed E-state index contributed by atoms with van der Waals surface area (Å²) in [4.78, 5) is 20.1. The van der Waals surface area contributed by atoms with Gasteiger partial charge in [0, 0.05) is 36.3 Å². The maximum absolute atomic E-state index is 13.5. The van der Waals surface area contributed by atoms with Crippen molar-refractivity contribution in [1.29, 1.82) is 0 Å². The fourth-order valence-electron chi connectivity index (χ4n) is 4.52. The van der Waals surface area contributed by atoms with Crippen LogP contribution < -0.4 is 5.32 Å². The van der Waals surface area contributed by atoms with E-state index in [2.05, 4.69) is 39.5 Å². The molecule has 150 valence electrons. The Morgan fingerprint density at radius 1 is 0.900 bits per heavy atom. The van der Waals surface area contributed by atoms with Gasteiger partial charge in [-0.05, 0) is 47.6 Å². The van der Waals surface area contributed by atoms with Gasteiger partial charge >= 0.3 is 0 Å². The zero-order chi connectivity index (χ0) is 20.3. The predicted molar refractivity (Wildman–Crippen MR) is 123 cm³/mol. The van der Waals surface area contributed by atoms with Crippen molar-refractivity contribution < 1.29 is 4.79 Å². The lowest BCUT2D eigenvalue weighted by molar-refractivity contribution is 0.0630. The molecule has 1 aliphatic rings. The highest BCUT2D eigenvalue weighted by atomic mass is 16.2. The third kappa shape index (κ3) is 3.50. The van der Waals surface area contributed by atoms with Gasteiger partial charge in [-0.15, -0.1) is 0 Å². The lowest BCUT2D eigenvalue weighted by Crippen LogP contribution is -2.47. The van der Waals surface area contributed by atoms with Crippen molar-refractivity contribution in [3.8, 4) is 0 Å². The number of anilines is 1. The molecular weight excluding hydrogens is 370 g/mol. The second-order valence-electron chi connectivity index (χ2n) is 7.94.